The van der Waals surface area contributed by atoms with E-state index in [1.54, 1.807) is 0 Å². The van der Waals surface area contributed by atoms with E-state index in [0.717, 1.165) is 42.1 Å². The molecular formula is C16H21N3O2. The van der Waals surface area contributed by atoms with E-state index in [1.807, 2.05) is 41.9 Å². The summed E-state index contributed by atoms with van der Waals surface area (Å²) in [4.78, 5) is 2.13. The van der Waals surface area contributed by atoms with Crippen LogP contribution in [0.4, 0.5) is 5.82 Å². The van der Waals surface area contributed by atoms with Gasteiger partial charge in [-0.25, -0.2) is 4.68 Å². The van der Waals surface area contributed by atoms with Crippen molar-refractivity contribution in [3.63, 3.8) is 0 Å². The molecule has 0 radical (unpaired) electrons. The molecule has 1 fully saturated rings. The zero-order valence-electron chi connectivity index (χ0n) is 12.2. The lowest BCUT2D eigenvalue weighted by atomic mass is 10.1. The Labute approximate surface area is 124 Å². The van der Waals surface area contributed by atoms with Crippen molar-refractivity contribution in [2.24, 2.45) is 0 Å². The maximum Gasteiger partial charge on any atom is 0.138 e. The first kappa shape index (κ1) is 14.1. The predicted molar refractivity (Wildman–Crippen MR) is 81.7 cm³/mol. The maximum atomic E-state index is 9.94. The van der Waals surface area contributed by atoms with E-state index in [0.29, 0.717) is 6.54 Å². The van der Waals surface area contributed by atoms with E-state index in [4.69, 9.17) is 0 Å². The van der Waals surface area contributed by atoms with Crippen molar-refractivity contribution >= 4 is 5.82 Å². The Morgan fingerprint density at radius 3 is 2.71 bits per heavy atom. The first-order valence-electron chi connectivity index (χ1n) is 7.38. The van der Waals surface area contributed by atoms with Crippen molar-refractivity contribution in [2.75, 3.05) is 18.0 Å². The van der Waals surface area contributed by atoms with Crippen LogP contribution in [-0.4, -0.2) is 39.2 Å². The number of aliphatic hydroxyl groups excluding tert-OH is 2. The number of aryl methyl sites for hydroxylation is 1. The van der Waals surface area contributed by atoms with Gasteiger partial charge in [-0.3, -0.25) is 0 Å². The Morgan fingerprint density at radius 1 is 1.29 bits per heavy atom. The molecule has 2 N–H and O–H groups in total. The van der Waals surface area contributed by atoms with Crippen LogP contribution in [0, 0.1) is 6.92 Å². The minimum atomic E-state index is -0.315. The Morgan fingerprint density at radius 2 is 2.05 bits per heavy atom. The number of anilines is 1. The monoisotopic (exact) mass is 287 g/mol. The van der Waals surface area contributed by atoms with Crippen LogP contribution < -0.4 is 4.90 Å². The van der Waals surface area contributed by atoms with Gasteiger partial charge in [0.15, 0.2) is 0 Å². The van der Waals surface area contributed by atoms with Gasteiger partial charge in [-0.1, -0.05) is 18.2 Å². The molecule has 5 heteroatoms. The Kier molecular flexibility index (Phi) is 3.94. The van der Waals surface area contributed by atoms with Crippen LogP contribution in [0.5, 0.6) is 0 Å². The fourth-order valence-corrected chi connectivity index (χ4v) is 2.95. The van der Waals surface area contributed by atoms with Gasteiger partial charge in [0.05, 0.1) is 24.1 Å². The zero-order valence-corrected chi connectivity index (χ0v) is 12.2. The summed E-state index contributed by atoms with van der Waals surface area (Å²) in [6.07, 6.45) is 1.47. The summed E-state index contributed by atoms with van der Waals surface area (Å²) >= 11 is 0. The standard InChI is InChI=1S/C16H21N3O2/c1-12-15(11-20)16(18-9-5-8-14(21)10-18)19(17-12)13-6-3-2-4-7-13/h2-4,6-7,14,20-21H,5,8-11H2,1H3. The van der Waals surface area contributed by atoms with Crippen molar-refractivity contribution in [1.82, 2.24) is 9.78 Å². The number of nitrogens with zero attached hydrogens (tertiary/aromatic N) is 3. The zero-order chi connectivity index (χ0) is 14.8. The fraction of sp³-hybridized carbons (Fsp3) is 0.438. The number of rotatable bonds is 3. The molecule has 0 bridgehead atoms. The molecule has 1 atom stereocenters. The molecule has 0 aliphatic carbocycles. The van der Waals surface area contributed by atoms with Crippen LogP contribution in [0.15, 0.2) is 30.3 Å². The van der Waals surface area contributed by atoms with E-state index in [1.165, 1.54) is 0 Å². The van der Waals surface area contributed by atoms with Crippen LogP contribution >= 0.6 is 0 Å². The van der Waals surface area contributed by atoms with Crippen LogP contribution in [-0.2, 0) is 6.61 Å². The van der Waals surface area contributed by atoms with Gasteiger partial charge in [0.2, 0.25) is 0 Å². The molecule has 2 aromatic rings. The molecule has 1 aliphatic rings. The quantitative estimate of drug-likeness (QED) is 0.901. The normalized spacial score (nSPS) is 19.0. The van der Waals surface area contributed by atoms with Gasteiger partial charge in [0, 0.05) is 18.7 Å². The molecule has 1 unspecified atom stereocenters. The fourth-order valence-electron chi connectivity index (χ4n) is 2.95. The predicted octanol–water partition coefficient (Wildman–Crippen LogP) is 1.63. The lowest BCUT2D eigenvalue weighted by Gasteiger charge is -2.32. The summed E-state index contributed by atoms with van der Waals surface area (Å²) < 4.78 is 1.87. The van der Waals surface area contributed by atoms with Crippen LogP contribution in [0.25, 0.3) is 5.69 Å². The SMILES string of the molecule is Cc1nn(-c2ccccc2)c(N2CCCC(O)C2)c1CO. The van der Waals surface area contributed by atoms with Gasteiger partial charge < -0.3 is 15.1 Å². The molecule has 3 rings (SSSR count). The van der Waals surface area contributed by atoms with Gasteiger partial charge in [-0.05, 0) is 31.9 Å². The average molecular weight is 287 g/mol. The first-order valence-corrected chi connectivity index (χ1v) is 7.38. The minimum Gasteiger partial charge on any atom is -0.391 e. The van der Waals surface area contributed by atoms with Gasteiger partial charge in [0.1, 0.15) is 5.82 Å². The molecule has 1 aromatic heterocycles. The number of para-hydroxylation sites is 1. The molecule has 0 amide bonds. The number of aliphatic hydroxyl groups is 2. The molecule has 2 heterocycles. The lowest BCUT2D eigenvalue weighted by molar-refractivity contribution is 0.153. The van der Waals surface area contributed by atoms with Crippen molar-refractivity contribution in [3.8, 4) is 5.69 Å². The summed E-state index contributed by atoms with van der Waals surface area (Å²) in [6, 6.07) is 9.91. The molecule has 1 saturated heterocycles. The maximum absolute atomic E-state index is 9.94. The lowest BCUT2D eigenvalue weighted by Crippen LogP contribution is -2.39. The molecule has 5 nitrogen and oxygen atoms in total. The largest absolute Gasteiger partial charge is 0.391 e. The second-order valence-corrected chi connectivity index (χ2v) is 5.54. The number of β-amino-alcohol motifs (C(OH)–C–C–N with tert-alkyl or cyclic N) is 1. The molecular weight excluding hydrogens is 266 g/mol. The van der Waals surface area contributed by atoms with Gasteiger partial charge in [-0.2, -0.15) is 5.10 Å². The molecule has 0 spiro atoms. The number of benzene rings is 1. The third kappa shape index (κ3) is 2.66. The Hall–Kier alpha value is -1.85. The van der Waals surface area contributed by atoms with Crippen molar-refractivity contribution in [3.05, 3.63) is 41.6 Å². The molecule has 21 heavy (non-hydrogen) atoms. The summed E-state index contributed by atoms with van der Waals surface area (Å²) in [7, 11) is 0. The topological polar surface area (TPSA) is 61.5 Å². The average Bonchev–Trinajstić information content (AvgIpc) is 2.85. The minimum absolute atomic E-state index is 0.0411. The number of hydrogen-bond donors (Lipinski definition) is 2. The Balaban J connectivity index is 2.08. The van der Waals surface area contributed by atoms with Gasteiger partial charge in [-0.15, -0.1) is 0 Å². The third-order valence-electron chi connectivity index (χ3n) is 4.01. The Bertz CT molecular complexity index is 609. The molecule has 1 aromatic carbocycles. The second-order valence-electron chi connectivity index (χ2n) is 5.54. The summed E-state index contributed by atoms with van der Waals surface area (Å²) in [6.45, 7) is 3.34. The van der Waals surface area contributed by atoms with E-state index in [-0.39, 0.29) is 12.7 Å². The van der Waals surface area contributed by atoms with E-state index < -0.39 is 0 Å². The highest BCUT2D eigenvalue weighted by Gasteiger charge is 2.25. The van der Waals surface area contributed by atoms with Gasteiger partial charge >= 0.3 is 0 Å². The summed E-state index contributed by atoms with van der Waals surface area (Å²) in [5, 5.41) is 24.2. The van der Waals surface area contributed by atoms with Crippen LogP contribution in [0.1, 0.15) is 24.1 Å². The first-order chi connectivity index (χ1) is 10.2. The number of aromatic nitrogens is 2. The molecule has 112 valence electrons. The number of piperidine rings is 1. The van der Waals surface area contributed by atoms with Gasteiger partial charge in [0.25, 0.3) is 0 Å². The molecule has 0 saturated carbocycles. The highest BCUT2D eigenvalue weighted by atomic mass is 16.3. The van der Waals surface area contributed by atoms with E-state index >= 15 is 0 Å². The van der Waals surface area contributed by atoms with Crippen molar-refractivity contribution < 1.29 is 10.2 Å². The van der Waals surface area contributed by atoms with E-state index in [2.05, 4.69) is 10.00 Å². The highest BCUT2D eigenvalue weighted by molar-refractivity contribution is 5.55. The second kappa shape index (κ2) is 5.87. The third-order valence-corrected chi connectivity index (χ3v) is 4.01. The van der Waals surface area contributed by atoms with Crippen molar-refractivity contribution in [2.45, 2.75) is 32.5 Å². The molecule has 1 aliphatic heterocycles. The van der Waals surface area contributed by atoms with E-state index in [9.17, 15) is 10.2 Å². The number of hydrogen-bond acceptors (Lipinski definition) is 4. The summed E-state index contributed by atoms with van der Waals surface area (Å²) in [5.41, 5.74) is 2.64. The van der Waals surface area contributed by atoms with Crippen LogP contribution in [0.3, 0.4) is 0 Å². The highest BCUT2D eigenvalue weighted by Crippen LogP contribution is 2.29. The smallest absolute Gasteiger partial charge is 0.138 e. The van der Waals surface area contributed by atoms with Crippen LogP contribution in [0.2, 0.25) is 0 Å². The summed E-state index contributed by atoms with van der Waals surface area (Å²) in [5.74, 6) is 0.903. The van der Waals surface area contributed by atoms with Crippen molar-refractivity contribution in [1.29, 1.82) is 0 Å².